The molecule has 4 nitrogen and oxygen atoms in total. The molecule has 0 aromatic heterocycles. The van der Waals surface area contributed by atoms with Crippen molar-refractivity contribution in [2.45, 2.75) is 27.7 Å². The van der Waals surface area contributed by atoms with Crippen molar-refractivity contribution in [2.75, 3.05) is 9.80 Å². The number of rotatable bonds is 2. The Hall–Kier alpha value is -3.06. The standard InChI is InChI=1S/C20H20N4/c1-14-7-5-8-15(2)19(14)23-11-12-24(18(23)13-22-21)20-16(3)9-6-10-17(20)4/h5-12H,1-4H3. The third-order valence-corrected chi connectivity index (χ3v) is 4.33. The highest BCUT2D eigenvalue weighted by molar-refractivity contribution is 5.81. The minimum atomic E-state index is 0.673. The minimum absolute atomic E-state index is 0.673. The van der Waals surface area contributed by atoms with Crippen molar-refractivity contribution < 1.29 is 4.79 Å². The zero-order chi connectivity index (χ0) is 17.3. The summed E-state index contributed by atoms with van der Waals surface area (Å²) in [6, 6.07) is 12.4. The summed E-state index contributed by atoms with van der Waals surface area (Å²) in [7, 11) is 0. The van der Waals surface area contributed by atoms with Crippen molar-refractivity contribution in [2.24, 2.45) is 0 Å². The van der Waals surface area contributed by atoms with Gasteiger partial charge in [-0.3, -0.25) is 9.80 Å². The third-order valence-electron chi connectivity index (χ3n) is 4.33. The van der Waals surface area contributed by atoms with Crippen molar-refractivity contribution >= 4 is 17.2 Å². The Kier molecular flexibility index (Phi) is 4.09. The van der Waals surface area contributed by atoms with Gasteiger partial charge in [0.25, 0.3) is 5.82 Å². The Bertz CT molecular complexity index is 809. The normalized spacial score (nSPS) is 13.2. The number of benzene rings is 2. The Labute approximate surface area is 142 Å². The van der Waals surface area contributed by atoms with Gasteiger partial charge in [0.05, 0.1) is 11.4 Å². The molecule has 0 radical (unpaired) electrons. The Morgan fingerprint density at radius 1 is 0.750 bits per heavy atom. The Morgan fingerprint density at radius 3 is 1.46 bits per heavy atom. The first-order valence-electron chi connectivity index (χ1n) is 7.91. The summed E-state index contributed by atoms with van der Waals surface area (Å²) in [5.74, 6) is 3.41. The van der Waals surface area contributed by atoms with Crippen molar-refractivity contribution in [3.8, 4) is 0 Å². The SMILES string of the molecule is Cc1cccc(C)c1N1C=CN(c2c(C)cccc2C)C1=C=[N+]=[N-]. The molecule has 0 aliphatic carbocycles. The smallest absolute Gasteiger partial charge is 0.346 e. The highest BCUT2D eigenvalue weighted by Gasteiger charge is 2.29. The Morgan fingerprint density at radius 2 is 1.12 bits per heavy atom. The lowest BCUT2D eigenvalue weighted by Crippen LogP contribution is -2.25. The van der Waals surface area contributed by atoms with Gasteiger partial charge in [-0.15, -0.1) is 4.79 Å². The predicted molar refractivity (Wildman–Crippen MR) is 98.1 cm³/mol. The van der Waals surface area contributed by atoms with Crippen molar-refractivity contribution in [3.05, 3.63) is 82.4 Å². The van der Waals surface area contributed by atoms with Crippen LogP contribution >= 0.6 is 0 Å². The number of para-hydroxylation sites is 2. The molecule has 0 saturated carbocycles. The molecule has 3 rings (SSSR count). The molecule has 0 spiro atoms. The molecule has 0 saturated heterocycles. The van der Waals surface area contributed by atoms with E-state index in [1.54, 1.807) is 0 Å². The second-order valence-corrected chi connectivity index (χ2v) is 6.05. The topological polar surface area (TPSA) is 42.9 Å². The lowest BCUT2D eigenvalue weighted by Gasteiger charge is -2.25. The van der Waals surface area contributed by atoms with Crippen LogP contribution in [-0.2, 0) is 0 Å². The fourth-order valence-electron chi connectivity index (χ4n) is 3.28. The summed E-state index contributed by atoms with van der Waals surface area (Å²) in [5.41, 5.74) is 15.9. The van der Waals surface area contributed by atoms with Crippen LogP contribution in [0.25, 0.3) is 5.53 Å². The average Bonchev–Trinajstić information content (AvgIpc) is 2.91. The van der Waals surface area contributed by atoms with Crippen LogP contribution in [-0.4, -0.2) is 10.7 Å². The van der Waals surface area contributed by atoms with E-state index in [0.717, 1.165) is 33.6 Å². The molecular formula is C20H20N4. The van der Waals surface area contributed by atoms with E-state index in [-0.39, 0.29) is 0 Å². The molecule has 1 heterocycles. The second kappa shape index (κ2) is 6.21. The zero-order valence-electron chi connectivity index (χ0n) is 14.4. The zero-order valence-corrected chi connectivity index (χ0v) is 14.4. The van der Waals surface area contributed by atoms with E-state index < -0.39 is 0 Å². The van der Waals surface area contributed by atoms with Gasteiger partial charge in [0.1, 0.15) is 0 Å². The molecule has 1 aliphatic rings. The van der Waals surface area contributed by atoms with Crippen LogP contribution in [0.4, 0.5) is 11.4 Å². The van der Waals surface area contributed by atoms with Crippen LogP contribution in [0, 0.1) is 27.7 Å². The van der Waals surface area contributed by atoms with Crippen molar-refractivity contribution in [1.29, 1.82) is 0 Å². The summed E-state index contributed by atoms with van der Waals surface area (Å²) in [4.78, 5) is 7.20. The second-order valence-electron chi connectivity index (χ2n) is 6.05. The van der Waals surface area contributed by atoms with E-state index in [2.05, 4.69) is 62.6 Å². The van der Waals surface area contributed by atoms with E-state index in [9.17, 15) is 0 Å². The number of hydrogen-bond donors (Lipinski definition) is 0. The van der Waals surface area contributed by atoms with Crippen LogP contribution in [0.2, 0.25) is 0 Å². The van der Waals surface area contributed by atoms with Gasteiger partial charge in [0.2, 0.25) is 0 Å². The summed E-state index contributed by atoms with van der Waals surface area (Å²) in [5, 5.41) is 0. The van der Waals surface area contributed by atoms with E-state index in [0.29, 0.717) is 5.82 Å². The highest BCUT2D eigenvalue weighted by atomic mass is 15.4. The summed E-state index contributed by atoms with van der Waals surface area (Å²) >= 11 is 0. The van der Waals surface area contributed by atoms with E-state index in [4.69, 9.17) is 5.53 Å². The molecule has 120 valence electrons. The van der Waals surface area contributed by atoms with Gasteiger partial charge in [-0.1, -0.05) is 36.4 Å². The lowest BCUT2D eigenvalue weighted by atomic mass is 10.1. The summed E-state index contributed by atoms with van der Waals surface area (Å²) in [6.45, 7) is 8.30. The first kappa shape index (κ1) is 15.8. The largest absolute Gasteiger partial charge is 0.348 e. The molecule has 0 fully saturated rings. The van der Waals surface area contributed by atoms with E-state index >= 15 is 0 Å². The monoisotopic (exact) mass is 316 g/mol. The molecule has 1 aliphatic heterocycles. The molecule has 4 heteroatoms. The number of aryl methyl sites for hydroxylation is 4. The molecule has 0 bridgehead atoms. The van der Waals surface area contributed by atoms with Gasteiger partial charge in [0.15, 0.2) is 0 Å². The predicted octanol–water partition coefficient (Wildman–Crippen LogP) is 4.46. The number of hydrogen-bond acceptors (Lipinski definition) is 2. The van der Waals surface area contributed by atoms with Gasteiger partial charge in [-0.2, -0.15) is 0 Å². The maximum atomic E-state index is 9.15. The molecule has 0 N–H and O–H groups in total. The van der Waals surface area contributed by atoms with Crippen molar-refractivity contribution in [3.63, 3.8) is 0 Å². The fraction of sp³-hybridized carbons (Fsp3) is 0.200. The Balaban J connectivity index is 2.17. The van der Waals surface area contributed by atoms with E-state index in [1.807, 2.05) is 34.3 Å². The van der Waals surface area contributed by atoms with E-state index in [1.165, 1.54) is 0 Å². The highest BCUT2D eigenvalue weighted by Crippen LogP contribution is 2.36. The molecule has 2 aromatic rings. The van der Waals surface area contributed by atoms with Gasteiger partial charge in [-0.25, -0.2) is 0 Å². The maximum Gasteiger partial charge on any atom is 0.346 e. The molecule has 0 amide bonds. The third kappa shape index (κ3) is 2.55. The maximum absolute atomic E-state index is 9.15. The summed E-state index contributed by atoms with van der Waals surface area (Å²) < 4.78 is 0. The van der Waals surface area contributed by atoms with Crippen LogP contribution in [0.5, 0.6) is 0 Å². The average molecular weight is 316 g/mol. The lowest BCUT2D eigenvalue weighted by molar-refractivity contribution is 0.00737. The van der Waals surface area contributed by atoms with Crippen LogP contribution in [0.15, 0.2) is 54.6 Å². The summed E-state index contributed by atoms with van der Waals surface area (Å²) in [6.07, 6.45) is 3.96. The molecular weight excluding hydrogens is 296 g/mol. The van der Waals surface area contributed by atoms with Gasteiger partial charge in [0, 0.05) is 12.4 Å². The number of anilines is 2. The first-order chi connectivity index (χ1) is 11.5. The van der Waals surface area contributed by atoms with Crippen LogP contribution in [0.3, 0.4) is 0 Å². The molecule has 0 unspecified atom stereocenters. The van der Waals surface area contributed by atoms with Gasteiger partial charge in [-0.05, 0) is 49.9 Å². The number of nitrogens with zero attached hydrogens (tertiary/aromatic N) is 4. The van der Waals surface area contributed by atoms with Gasteiger partial charge < -0.3 is 5.53 Å². The molecule has 24 heavy (non-hydrogen) atoms. The minimum Gasteiger partial charge on any atom is -0.348 e. The van der Waals surface area contributed by atoms with Crippen LogP contribution in [0.1, 0.15) is 22.3 Å². The molecule has 0 atom stereocenters. The van der Waals surface area contributed by atoms with Crippen LogP contribution < -0.4 is 9.80 Å². The van der Waals surface area contributed by atoms with Gasteiger partial charge >= 0.3 is 5.87 Å². The quantitative estimate of drug-likeness (QED) is 0.466. The fourth-order valence-corrected chi connectivity index (χ4v) is 3.28. The first-order valence-corrected chi connectivity index (χ1v) is 7.91. The van der Waals surface area contributed by atoms with Crippen molar-refractivity contribution in [1.82, 2.24) is 0 Å². The molecule has 2 aromatic carbocycles.